The van der Waals surface area contributed by atoms with E-state index in [-0.39, 0.29) is 18.5 Å². The van der Waals surface area contributed by atoms with Crippen molar-refractivity contribution in [1.29, 1.82) is 0 Å². The summed E-state index contributed by atoms with van der Waals surface area (Å²) in [5.41, 5.74) is 0. The van der Waals surface area contributed by atoms with Gasteiger partial charge in [-0.1, -0.05) is 13.8 Å². The van der Waals surface area contributed by atoms with Crippen LogP contribution in [0.15, 0.2) is 0 Å². The molecular formula is C12H23NO4. The molecule has 0 aliphatic heterocycles. The molecule has 0 unspecified atom stereocenters. The van der Waals surface area contributed by atoms with E-state index in [1.807, 2.05) is 27.7 Å². The van der Waals surface area contributed by atoms with Gasteiger partial charge in [0.1, 0.15) is 6.54 Å². The number of hydrogen-bond acceptors (Lipinski definition) is 4. The predicted octanol–water partition coefficient (Wildman–Crippen LogP) is 2.05. The molecule has 17 heavy (non-hydrogen) atoms. The second-order valence-corrected chi connectivity index (χ2v) is 4.50. The number of carbonyl (C=O) groups excluding carboxylic acids is 2. The molecule has 0 radical (unpaired) electrons. The van der Waals surface area contributed by atoms with Crippen molar-refractivity contribution < 1.29 is 19.1 Å². The van der Waals surface area contributed by atoms with Crippen LogP contribution in [0.5, 0.6) is 0 Å². The normalized spacial score (nSPS) is 10.5. The summed E-state index contributed by atoms with van der Waals surface area (Å²) in [6.45, 7) is 9.90. The molecule has 0 spiro atoms. The minimum Gasteiger partial charge on any atom is -0.465 e. The van der Waals surface area contributed by atoms with Gasteiger partial charge in [-0.05, 0) is 26.7 Å². The molecule has 0 fully saturated rings. The van der Waals surface area contributed by atoms with Crippen LogP contribution in [0.2, 0.25) is 0 Å². The molecule has 0 atom stereocenters. The maximum Gasteiger partial charge on any atom is 0.410 e. The van der Waals surface area contributed by atoms with Crippen LogP contribution in [0.3, 0.4) is 0 Å². The predicted molar refractivity (Wildman–Crippen MR) is 64.7 cm³/mol. The van der Waals surface area contributed by atoms with Crippen molar-refractivity contribution in [3.63, 3.8) is 0 Å². The van der Waals surface area contributed by atoms with Gasteiger partial charge in [0.05, 0.1) is 13.2 Å². The van der Waals surface area contributed by atoms with Crippen molar-refractivity contribution in [3.05, 3.63) is 0 Å². The van der Waals surface area contributed by atoms with Gasteiger partial charge in [0.25, 0.3) is 0 Å². The molecule has 0 aliphatic carbocycles. The second-order valence-electron chi connectivity index (χ2n) is 4.50. The fraction of sp³-hybridized carbons (Fsp3) is 0.833. The molecule has 0 N–H and O–H groups in total. The summed E-state index contributed by atoms with van der Waals surface area (Å²) in [5.74, 6) is -0.141. The molecule has 1 amide bonds. The largest absolute Gasteiger partial charge is 0.465 e. The Balaban J connectivity index is 4.31. The molecular weight excluding hydrogens is 222 g/mol. The zero-order valence-electron chi connectivity index (χ0n) is 11.4. The summed E-state index contributed by atoms with van der Waals surface area (Å²) < 4.78 is 9.90. The topological polar surface area (TPSA) is 55.8 Å². The van der Waals surface area contributed by atoms with Crippen LogP contribution >= 0.6 is 0 Å². The van der Waals surface area contributed by atoms with E-state index in [1.165, 1.54) is 4.90 Å². The van der Waals surface area contributed by atoms with Crippen molar-refractivity contribution >= 4 is 12.1 Å². The Morgan fingerprint density at radius 2 is 1.71 bits per heavy atom. The van der Waals surface area contributed by atoms with Crippen LogP contribution in [0.4, 0.5) is 4.79 Å². The number of rotatable bonds is 6. The van der Waals surface area contributed by atoms with E-state index >= 15 is 0 Å². The van der Waals surface area contributed by atoms with E-state index in [0.717, 1.165) is 0 Å². The Hall–Kier alpha value is -1.26. The van der Waals surface area contributed by atoms with E-state index in [4.69, 9.17) is 9.47 Å². The lowest BCUT2D eigenvalue weighted by atomic mass is 10.2. The molecule has 5 heteroatoms. The number of amides is 1. The van der Waals surface area contributed by atoms with Gasteiger partial charge in [0.15, 0.2) is 0 Å². The summed E-state index contributed by atoms with van der Waals surface area (Å²) in [7, 11) is 0. The molecule has 0 aromatic heterocycles. The molecule has 0 saturated carbocycles. The molecule has 100 valence electrons. The number of carbonyl (C=O) groups is 2. The SMILES string of the molecule is CCOC(=O)CN(C(=O)OCC(C)C)C(C)C. The molecule has 0 bridgehead atoms. The van der Waals surface area contributed by atoms with Gasteiger partial charge < -0.3 is 9.47 Å². The standard InChI is InChI=1S/C12H23NO4/c1-6-16-11(14)7-13(10(4)5)12(15)17-8-9(2)3/h9-10H,6-8H2,1-5H3. The van der Waals surface area contributed by atoms with Gasteiger partial charge in [-0.3, -0.25) is 9.69 Å². The maximum absolute atomic E-state index is 11.7. The molecule has 5 nitrogen and oxygen atoms in total. The third-order valence-corrected chi connectivity index (χ3v) is 2.00. The van der Waals surface area contributed by atoms with Crippen molar-refractivity contribution in [3.8, 4) is 0 Å². The fourth-order valence-corrected chi connectivity index (χ4v) is 1.12. The van der Waals surface area contributed by atoms with Gasteiger partial charge in [-0.15, -0.1) is 0 Å². The lowest BCUT2D eigenvalue weighted by Gasteiger charge is -2.25. The zero-order valence-corrected chi connectivity index (χ0v) is 11.4. The zero-order chi connectivity index (χ0) is 13.4. The van der Waals surface area contributed by atoms with Crippen molar-refractivity contribution in [2.24, 2.45) is 5.92 Å². The van der Waals surface area contributed by atoms with Gasteiger partial charge in [0.2, 0.25) is 0 Å². The number of esters is 1. The highest BCUT2D eigenvalue weighted by molar-refractivity contribution is 5.78. The van der Waals surface area contributed by atoms with Crippen molar-refractivity contribution in [1.82, 2.24) is 4.90 Å². The highest BCUT2D eigenvalue weighted by Gasteiger charge is 2.22. The van der Waals surface area contributed by atoms with E-state index in [0.29, 0.717) is 13.2 Å². The Labute approximate surface area is 103 Å². The summed E-state index contributed by atoms with van der Waals surface area (Å²) in [4.78, 5) is 24.4. The fourth-order valence-electron chi connectivity index (χ4n) is 1.12. The van der Waals surface area contributed by atoms with Gasteiger partial charge in [-0.2, -0.15) is 0 Å². The molecule has 0 aromatic rings. The van der Waals surface area contributed by atoms with Crippen LogP contribution in [0.25, 0.3) is 0 Å². The third-order valence-electron chi connectivity index (χ3n) is 2.00. The first-order valence-electron chi connectivity index (χ1n) is 5.97. The Morgan fingerprint density at radius 3 is 2.12 bits per heavy atom. The first-order chi connectivity index (χ1) is 7.88. The van der Waals surface area contributed by atoms with E-state index in [1.54, 1.807) is 6.92 Å². The third kappa shape index (κ3) is 6.81. The molecule has 0 heterocycles. The number of ether oxygens (including phenoxy) is 2. The number of hydrogen-bond donors (Lipinski definition) is 0. The molecule has 0 rings (SSSR count). The lowest BCUT2D eigenvalue weighted by molar-refractivity contribution is -0.144. The maximum atomic E-state index is 11.7. The highest BCUT2D eigenvalue weighted by Crippen LogP contribution is 2.04. The van der Waals surface area contributed by atoms with Crippen molar-refractivity contribution in [2.45, 2.75) is 40.7 Å². The number of nitrogens with zero attached hydrogens (tertiary/aromatic N) is 1. The van der Waals surface area contributed by atoms with Gasteiger partial charge in [-0.25, -0.2) is 4.79 Å². The second kappa shape index (κ2) is 7.92. The average Bonchev–Trinajstić information content (AvgIpc) is 2.22. The first kappa shape index (κ1) is 15.7. The van der Waals surface area contributed by atoms with E-state index in [2.05, 4.69) is 0 Å². The van der Waals surface area contributed by atoms with Crippen molar-refractivity contribution in [2.75, 3.05) is 19.8 Å². The molecule has 0 saturated heterocycles. The Bertz CT molecular complexity index is 251. The minimum absolute atomic E-state index is 0.0670. The Kier molecular flexibility index (Phi) is 7.34. The summed E-state index contributed by atoms with van der Waals surface area (Å²) >= 11 is 0. The smallest absolute Gasteiger partial charge is 0.410 e. The average molecular weight is 245 g/mol. The highest BCUT2D eigenvalue weighted by atomic mass is 16.6. The quantitative estimate of drug-likeness (QED) is 0.672. The summed E-state index contributed by atoms with van der Waals surface area (Å²) in [5, 5.41) is 0. The van der Waals surface area contributed by atoms with E-state index in [9.17, 15) is 9.59 Å². The summed E-state index contributed by atoms with van der Waals surface area (Å²) in [6, 6.07) is -0.0981. The van der Waals surface area contributed by atoms with Crippen LogP contribution in [0, 0.1) is 5.92 Å². The summed E-state index contributed by atoms with van der Waals surface area (Å²) in [6.07, 6.45) is -0.471. The monoisotopic (exact) mass is 245 g/mol. The van der Waals surface area contributed by atoms with Crippen LogP contribution in [0.1, 0.15) is 34.6 Å². The van der Waals surface area contributed by atoms with E-state index < -0.39 is 12.1 Å². The molecule has 0 aromatic carbocycles. The Morgan fingerprint density at radius 1 is 1.12 bits per heavy atom. The first-order valence-corrected chi connectivity index (χ1v) is 5.97. The van der Waals surface area contributed by atoms with Crippen LogP contribution < -0.4 is 0 Å². The van der Waals surface area contributed by atoms with Crippen LogP contribution in [-0.4, -0.2) is 42.8 Å². The van der Waals surface area contributed by atoms with Crippen LogP contribution in [-0.2, 0) is 14.3 Å². The van der Waals surface area contributed by atoms with Gasteiger partial charge in [0, 0.05) is 6.04 Å². The lowest BCUT2D eigenvalue weighted by Crippen LogP contribution is -2.42. The minimum atomic E-state index is -0.471. The molecule has 0 aliphatic rings. The van der Waals surface area contributed by atoms with Gasteiger partial charge >= 0.3 is 12.1 Å².